The molecule has 0 atom stereocenters. The largest absolute Gasteiger partial charge is 0.492 e. The fourth-order valence-corrected chi connectivity index (χ4v) is 5.24. The quantitative estimate of drug-likeness (QED) is 0.581. The van der Waals surface area contributed by atoms with E-state index in [1.165, 1.54) is 16.4 Å². The summed E-state index contributed by atoms with van der Waals surface area (Å²) in [4.78, 5) is 24.9. The van der Waals surface area contributed by atoms with E-state index in [4.69, 9.17) is 4.74 Å². The molecule has 2 amide bonds. The molecule has 0 aliphatic carbocycles. The minimum Gasteiger partial charge on any atom is -0.492 e. The standard InChI is InChI=1S/C24H31N3O5S/c1-3-32-22-11-10-20(33(30,31)27-14-5-4-6-15-27)17-21(22)26-23(28)12-13-25-24(29)19-9-7-8-18(2)16-19/h7-11,16-17H,3-6,12-15H2,1-2H3,(H,25,29)(H,26,28). The monoisotopic (exact) mass is 473 g/mol. The third kappa shape index (κ3) is 6.55. The summed E-state index contributed by atoms with van der Waals surface area (Å²) in [6.45, 7) is 5.22. The van der Waals surface area contributed by atoms with Gasteiger partial charge in [-0.25, -0.2) is 8.42 Å². The van der Waals surface area contributed by atoms with Crippen molar-refractivity contribution in [3.8, 4) is 5.75 Å². The number of hydrogen-bond acceptors (Lipinski definition) is 5. The molecule has 3 rings (SSSR count). The molecule has 2 N–H and O–H groups in total. The van der Waals surface area contributed by atoms with E-state index < -0.39 is 10.0 Å². The second kappa shape index (κ2) is 11.3. The number of anilines is 1. The van der Waals surface area contributed by atoms with Gasteiger partial charge in [0.1, 0.15) is 5.75 Å². The Hall–Kier alpha value is -2.91. The minimum atomic E-state index is -3.64. The molecule has 0 aromatic heterocycles. The van der Waals surface area contributed by atoms with E-state index in [2.05, 4.69) is 10.6 Å². The zero-order chi connectivity index (χ0) is 23.8. The Bertz CT molecular complexity index is 1100. The number of hydrogen-bond donors (Lipinski definition) is 2. The molecule has 0 spiro atoms. The molecule has 1 saturated heterocycles. The zero-order valence-corrected chi connectivity index (χ0v) is 19.9. The second-order valence-electron chi connectivity index (χ2n) is 7.98. The molecule has 1 aliphatic rings. The van der Waals surface area contributed by atoms with Crippen molar-refractivity contribution in [3.63, 3.8) is 0 Å². The minimum absolute atomic E-state index is 0.0340. The molecule has 1 heterocycles. The summed E-state index contributed by atoms with van der Waals surface area (Å²) in [5.41, 5.74) is 1.80. The number of ether oxygens (including phenoxy) is 1. The van der Waals surface area contributed by atoms with Crippen LogP contribution in [0, 0.1) is 6.92 Å². The van der Waals surface area contributed by atoms with Crippen LogP contribution < -0.4 is 15.4 Å². The van der Waals surface area contributed by atoms with Crippen molar-refractivity contribution in [2.24, 2.45) is 0 Å². The molecule has 8 nitrogen and oxygen atoms in total. The maximum absolute atomic E-state index is 13.0. The highest BCUT2D eigenvalue weighted by molar-refractivity contribution is 7.89. The summed E-state index contributed by atoms with van der Waals surface area (Å²) >= 11 is 0. The van der Waals surface area contributed by atoms with Gasteiger partial charge in [0.25, 0.3) is 5.91 Å². The second-order valence-corrected chi connectivity index (χ2v) is 9.92. The molecule has 9 heteroatoms. The van der Waals surface area contributed by atoms with Crippen LogP contribution in [0.2, 0.25) is 0 Å². The number of carbonyl (C=O) groups excluding carboxylic acids is 2. The maximum Gasteiger partial charge on any atom is 0.251 e. The highest BCUT2D eigenvalue weighted by Gasteiger charge is 2.27. The van der Waals surface area contributed by atoms with Crippen molar-refractivity contribution in [2.75, 3.05) is 31.6 Å². The van der Waals surface area contributed by atoms with Crippen LogP contribution in [0.3, 0.4) is 0 Å². The zero-order valence-electron chi connectivity index (χ0n) is 19.1. The lowest BCUT2D eigenvalue weighted by Gasteiger charge is -2.26. The van der Waals surface area contributed by atoms with E-state index in [1.54, 1.807) is 24.3 Å². The summed E-state index contributed by atoms with van der Waals surface area (Å²) in [6, 6.07) is 11.7. The van der Waals surface area contributed by atoms with Crippen molar-refractivity contribution in [1.29, 1.82) is 0 Å². The number of carbonyl (C=O) groups is 2. The van der Waals surface area contributed by atoms with Gasteiger partial charge in [-0.1, -0.05) is 24.1 Å². The predicted molar refractivity (Wildman–Crippen MR) is 127 cm³/mol. The Balaban J connectivity index is 1.66. The third-order valence-corrected chi connectivity index (χ3v) is 7.29. The molecule has 2 aromatic rings. The average Bonchev–Trinajstić information content (AvgIpc) is 2.80. The van der Waals surface area contributed by atoms with E-state index in [1.807, 2.05) is 19.9 Å². The smallest absolute Gasteiger partial charge is 0.251 e. The van der Waals surface area contributed by atoms with Gasteiger partial charge in [0.05, 0.1) is 17.2 Å². The predicted octanol–water partition coefficient (Wildman–Crippen LogP) is 3.33. The Morgan fingerprint density at radius 2 is 1.82 bits per heavy atom. The van der Waals surface area contributed by atoms with E-state index in [0.717, 1.165) is 24.8 Å². The summed E-state index contributed by atoms with van der Waals surface area (Å²) in [6.07, 6.45) is 2.74. The molecular formula is C24H31N3O5S. The molecule has 0 bridgehead atoms. The van der Waals surface area contributed by atoms with Crippen molar-refractivity contribution in [1.82, 2.24) is 9.62 Å². The number of benzene rings is 2. The molecule has 2 aromatic carbocycles. The van der Waals surface area contributed by atoms with Crippen molar-refractivity contribution in [2.45, 2.75) is 44.4 Å². The number of sulfonamides is 1. The highest BCUT2D eigenvalue weighted by atomic mass is 32.2. The molecular weight excluding hydrogens is 442 g/mol. The van der Waals surface area contributed by atoms with Gasteiger partial charge in [-0.05, 0) is 57.0 Å². The Morgan fingerprint density at radius 1 is 1.06 bits per heavy atom. The first-order chi connectivity index (χ1) is 15.8. The lowest BCUT2D eigenvalue weighted by molar-refractivity contribution is -0.116. The molecule has 1 fully saturated rings. The lowest BCUT2D eigenvalue weighted by Crippen LogP contribution is -2.35. The van der Waals surface area contributed by atoms with Gasteiger partial charge < -0.3 is 15.4 Å². The van der Waals surface area contributed by atoms with Crippen LogP contribution >= 0.6 is 0 Å². The number of amides is 2. The van der Waals surface area contributed by atoms with Gasteiger partial charge in [-0.2, -0.15) is 4.31 Å². The summed E-state index contributed by atoms with van der Waals surface area (Å²) < 4.78 is 33.1. The number of piperidine rings is 1. The van der Waals surface area contributed by atoms with Crippen molar-refractivity contribution >= 4 is 27.5 Å². The number of aryl methyl sites for hydroxylation is 1. The van der Waals surface area contributed by atoms with E-state index in [9.17, 15) is 18.0 Å². The third-order valence-electron chi connectivity index (χ3n) is 5.40. The van der Waals surface area contributed by atoms with Crippen LogP contribution in [-0.4, -0.2) is 50.8 Å². The van der Waals surface area contributed by atoms with E-state index in [-0.39, 0.29) is 29.7 Å². The van der Waals surface area contributed by atoms with Crippen molar-refractivity contribution in [3.05, 3.63) is 53.6 Å². The topological polar surface area (TPSA) is 105 Å². The van der Waals surface area contributed by atoms with Crippen LogP contribution in [0.4, 0.5) is 5.69 Å². The first-order valence-corrected chi connectivity index (χ1v) is 12.7. The van der Waals surface area contributed by atoms with Crippen LogP contribution in [-0.2, 0) is 14.8 Å². The average molecular weight is 474 g/mol. The normalized spacial score (nSPS) is 14.5. The van der Waals surface area contributed by atoms with Crippen LogP contribution in [0.15, 0.2) is 47.4 Å². The van der Waals surface area contributed by atoms with Gasteiger partial charge in [0, 0.05) is 31.6 Å². The van der Waals surface area contributed by atoms with Crippen LogP contribution in [0.25, 0.3) is 0 Å². The first-order valence-electron chi connectivity index (χ1n) is 11.2. The molecule has 0 radical (unpaired) electrons. The van der Waals surface area contributed by atoms with E-state index >= 15 is 0 Å². The lowest BCUT2D eigenvalue weighted by atomic mass is 10.1. The van der Waals surface area contributed by atoms with E-state index in [0.29, 0.717) is 36.7 Å². The van der Waals surface area contributed by atoms with Gasteiger partial charge in [0.2, 0.25) is 15.9 Å². The molecule has 33 heavy (non-hydrogen) atoms. The Morgan fingerprint density at radius 3 is 2.52 bits per heavy atom. The van der Waals surface area contributed by atoms with Crippen molar-refractivity contribution < 1.29 is 22.7 Å². The molecule has 0 unspecified atom stereocenters. The summed E-state index contributed by atoms with van der Waals surface area (Å²) in [7, 11) is -3.64. The maximum atomic E-state index is 13.0. The number of rotatable bonds is 9. The fraction of sp³-hybridized carbons (Fsp3) is 0.417. The van der Waals surface area contributed by atoms with Gasteiger partial charge >= 0.3 is 0 Å². The van der Waals surface area contributed by atoms with Gasteiger partial charge in [-0.3, -0.25) is 9.59 Å². The number of nitrogens with zero attached hydrogens (tertiary/aromatic N) is 1. The van der Waals surface area contributed by atoms with Gasteiger partial charge in [0.15, 0.2) is 0 Å². The highest BCUT2D eigenvalue weighted by Crippen LogP contribution is 2.30. The molecule has 178 valence electrons. The number of nitrogens with one attached hydrogen (secondary N) is 2. The SMILES string of the molecule is CCOc1ccc(S(=O)(=O)N2CCCCC2)cc1NC(=O)CCNC(=O)c1cccc(C)c1. The summed E-state index contributed by atoms with van der Waals surface area (Å²) in [5.74, 6) is -0.212. The molecule has 1 aliphatic heterocycles. The van der Waals surface area contributed by atoms with Crippen LogP contribution in [0.1, 0.15) is 48.5 Å². The van der Waals surface area contributed by atoms with Gasteiger partial charge in [-0.15, -0.1) is 0 Å². The Kier molecular flexibility index (Phi) is 8.46. The van der Waals surface area contributed by atoms with Crippen LogP contribution in [0.5, 0.6) is 5.75 Å². The summed E-state index contributed by atoms with van der Waals surface area (Å²) in [5, 5.41) is 5.46. The Labute approximate surface area is 195 Å². The first kappa shape index (κ1) is 24.7. The fourth-order valence-electron chi connectivity index (χ4n) is 3.69. The molecule has 0 saturated carbocycles.